The van der Waals surface area contributed by atoms with Crippen LogP contribution in [0.2, 0.25) is 0 Å². The third kappa shape index (κ3) is 2.47. The van der Waals surface area contributed by atoms with Crippen LogP contribution in [-0.4, -0.2) is 48.8 Å². The molecule has 0 radical (unpaired) electrons. The van der Waals surface area contributed by atoms with Gasteiger partial charge in [0.25, 0.3) is 0 Å². The standard InChI is InChI=1S/C10H15NO3/c1-3-4-5-11(2)9-7-14-6-8(9)10(12)13/h8-9H,5-7H2,1-2H3,(H,12,13). The van der Waals surface area contributed by atoms with Crippen LogP contribution in [0.25, 0.3) is 0 Å². The number of aliphatic carboxylic acids is 1. The van der Waals surface area contributed by atoms with Gasteiger partial charge in [0.15, 0.2) is 0 Å². The van der Waals surface area contributed by atoms with E-state index in [1.165, 1.54) is 0 Å². The van der Waals surface area contributed by atoms with E-state index in [1.54, 1.807) is 6.92 Å². The molecule has 0 saturated carbocycles. The number of likely N-dealkylation sites (N-methyl/N-ethyl adjacent to an activating group) is 1. The number of ether oxygens (including phenoxy) is 1. The second-order valence-corrected chi connectivity index (χ2v) is 3.39. The number of carboxylic acid groups (broad SMARTS) is 1. The van der Waals surface area contributed by atoms with Gasteiger partial charge in [-0.1, -0.05) is 5.92 Å². The molecule has 0 aromatic heterocycles. The monoisotopic (exact) mass is 197 g/mol. The van der Waals surface area contributed by atoms with Gasteiger partial charge in [-0.25, -0.2) is 0 Å². The zero-order valence-corrected chi connectivity index (χ0v) is 8.49. The van der Waals surface area contributed by atoms with Gasteiger partial charge in [-0.05, 0) is 14.0 Å². The molecule has 2 unspecified atom stereocenters. The maximum absolute atomic E-state index is 10.8. The normalized spacial score (nSPS) is 25.9. The third-order valence-electron chi connectivity index (χ3n) is 2.44. The van der Waals surface area contributed by atoms with Gasteiger partial charge in [0.1, 0.15) is 0 Å². The van der Waals surface area contributed by atoms with Gasteiger partial charge >= 0.3 is 5.97 Å². The number of hydrogen-bond donors (Lipinski definition) is 1. The molecule has 0 amide bonds. The van der Waals surface area contributed by atoms with Gasteiger partial charge in [-0.2, -0.15) is 0 Å². The Morgan fingerprint density at radius 1 is 1.64 bits per heavy atom. The Morgan fingerprint density at radius 3 is 2.93 bits per heavy atom. The van der Waals surface area contributed by atoms with Crippen LogP contribution < -0.4 is 0 Å². The van der Waals surface area contributed by atoms with Crippen molar-refractivity contribution in [3.8, 4) is 11.8 Å². The Bertz CT molecular complexity index is 266. The van der Waals surface area contributed by atoms with Gasteiger partial charge in [-0.3, -0.25) is 9.69 Å². The van der Waals surface area contributed by atoms with Crippen molar-refractivity contribution in [2.45, 2.75) is 13.0 Å². The molecule has 78 valence electrons. The second kappa shape index (κ2) is 4.99. The van der Waals surface area contributed by atoms with E-state index in [4.69, 9.17) is 9.84 Å². The summed E-state index contributed by atoms with van der Waals surface area (Å²) in [6.07, 6.45) is 0. The molecule has 0 spiro atoms. The minimum Gasteiger partial charge on any atom is -0.481 e. The molecule has 0 aromatic carbocycles. The molecule has 4 nitrogen and oxygen atoms in total. The number of carbonyl (C=O) groups is 1. The van der Waals surface area contributed by atoms with Gasteiger partial charge in [0.2, 0.25) is 0 Å². The van der Waals surface area contributed by atoms with Crippen LogP contribution >= 0.6 is 0 Å². The molecule has 1 rings (SSSR count). The fourth-order valence-corrected chi connectivity index (χ4v) is 1.53. The highest BCUT2D eigenvalue weighted by Gasteiger charge is 2.36. The minimum atomic E-state index is -0.788. The summed E-state index contributed by atoms with van der Waals surface area (Å²) in [6, 6.07) is -0.0478. The number of rotatable bonds is 3. The van der Waals surface area contributed by atoms with Crippen LogP contribution in [0.1, 0.15) is 6.92 Å². The highest BCUT2D eigenvalue weighted by molar-refractivity contribution is 5.71. The third-order valence-corrected chi connectivity index (χ3v) is 2.44. The molecule has 14 heavy (non-hydrogen) atoms. The average Bonchev–Trinajstić information content (AvgIpc) is 2.62. The highest BCUT2D eigenvalue weighted by Crippen LogP contribution is 2.18. The van der Waals surface area contributed by atoms with Crippen molar-refractivity contribution in [3.63, 3.8) is 0 Å². The van der Waals surface area contributed by atoms with Crippen LogP contribution in [0.4, 0.5) is 0 Å². The molecule has 1 N–H and O–H groups in total. The lowest BCUT2D eigenvalue weighted by molar-refractivity contribution is -0.143. The van der Waals surface area contributed by atoms with E-state index >= 15 is 0 Å². The molecule has 0 aliphatic carbocycles. The molecule has 2 atom stereocenters. The number of nitrogens with zero attached hydrogens (tertiary/aromatic N) is 1. The van der Waals surface area contributed by atoms with Crippen LogP contribution in [0.3, 0.4) is 0 Å². The Morgan fingerprint density at radius 2 is 2.36 bits per heavy atom. The zero-order chi connectivity index (χ0) is 10.6. The van der Waals surface area contributed by atoms with Crippen LogP contribution in [0.15, 0.2) is 0 Å². The maximum Gasteiger partial charge on any atom is 0.310 e. The fraction of sp³-hybridized carbons (Fsp3) is 0.700. The minimum absolute atomic E-state index is 0.0478. The van der Waals surface area contributed by atoms with Gasteiger partial charge in [0.05, 0.1) is 25.7 Å². The first-order valence-corrected chi connectivity index (χ1v) is 4.57. The van der Waals surface area contributed by atoms with Crippen molar-refractivity contribution in [1.29, 1.82) is 0 Å². The Balaban J connectivity index is 2.55. The average molecular weight is 197 g/mol. The zero-order valence-electron chi connectivity index (χ0n) is 8.49. The summed E-state index contributed by atoms with van der Waals surface area (Å²) in [5, 5.41) is 8.92. The van der Waals surface area contributed by atoms with E-state index in [2.05, 4.69) is 11.8 Å². The van der Waals surface area contributed by atoms with Crippen molar-refractivity contribution in [2.75, 3.05) is 26.8 Å². The molecule has 1 aliphatic heterocycles. The summed E-state index contributed by atoms with van der Waals surface area (Å²) in [5.41, 5.74) is 0. The summed E-state index contributed by atoms with van der Waals surface area (Å²) in [6.45, 7) is 3.16. The smallest absolute Gasteiger partial charge is 0.310 e. The predicted molar refractivity (Wildman–Crippen MR) is 51.8 cm³/mol. The molecule has 1 heterocycles. The summed E-state index contributed by atoms with van der Waals surface area (Å²) >= 11 is 0. The quantitative estimate of drug-likeness (QED) is 0.649. The van der Waals surface area contributed by atoms with Crippen LogP contribution in [0, 0.1) is 17.8 Å². The van der Waals surface area contributed by atoms with Crippen molar-refractivity contribution < 1.29 is 14.6 Å². The first-order valence-electron chi connectivity index (χ1n) is 4.57. The predicted octanol–water partition coefficient (Wildman–Crippen LogP) is 0.0411. The summed E-state index contributed by atoms with van der Waals surface area (Å²) in [5.74, 6) is 4.49. The van der Waals surface area contributed by atoms with Gasteiger partial charge in [0, 0.05) is 6.04 Å². The molecule has 4 heteroatoms. The lowest BCUT2D eigenvalue weighted by Crippen LogP contribution is -2.40. The first-order chi connectivity index (χ1) is 6.66. The summed E-state index contributed by atoms with van der Waals surface area (Å²) in [4.78, 5) is 12.8. The van der Waals surface area contributed by atoms with E-state index in [0.29, 0.717) is 19.8 Å². The Labute approximate surface area is 83.8 Å². The molecule has 1 saturated heterocycles. The molecular formula is C10H15NO3. The van der Waals surface area contributed by atoms with Crippen molar-refractivity contribution in [2.24, 2.45) is 5.92 Å². The van der Waals surface area contributed by atoms with Gasteiger partial charge in [-0.15, -0.1) is 5.92 Å². The number of hydrogen-bond acceptors (Lipinski definition) is 3. The van der Waals surface area contributed by atoms with Crippen molar-refractivity contribution >= 4 is 5.97 Å². The molecule has 0 bridgehead atoms. The summed E-state index contributed by atoms with van der Waals surface area (Å²) in [7, 11) is 1.87. The van der Waals surface area contributed by atoms with E-state index in [1.807, 2.05) is 11.9 Å². The first kappa shape index (κ1) is 11.0. The fourth-order valence-electron chi connectivity index (χ4n) is 1.53. The van der Waals surface area contributed by atoms with Crippen LogP contribution in [0.5, 0.6) is 0 Å². The van der Waals surface area contributed by atoms with Crippen molar-refractivity contribution in [1.82, 2.24) is 4.90 Å². The van der Waals surface area contributed by atoms with Crippen molar-refractivity contribution in [3.05, 3.63) is 0 Å². The molecule has 1 fully saturated rings. The molecule has 0 aromatic rings. The summed E-state index contributed by atoms with van der Waals surface area (Å²) < 4.78 is 5.16. The lowest BCUT2D eigenvalue weighted by atomic mass is 10.0. The topological polar surface area (TPSA) is 49.8 Å². The molecular weight excluding hydrogens is 182 g/mol. The Hall–Kier alpha value is -1.05. The van der Waals surface area contributed by atoms with E-state index < -0.39 is 11.9 Å². The highest BCUT2D eigenvalue weighted by atomic mass is 16.5. The van der Waals surface area contributed by atoms with E-state index in [-0.39, 0.29) is 6.04 Å². The maximum atomic E-state index is 10.8. The molecule has 1 aliphatic rings. The van der Waals surface area contributed by atoms with E-state index in [9.17, 15) is 4.79 Å². The van der Waals surface area contributed by atoms with Gasteiger partial charge < -0.3 is 9.84 Å². The van der Waals surface area contributed by atoms with E-state index in [0.717, 1.165) is 0 Å². The Kier molecular flexibility index (Phi) is 3.93. The lowest BCUT2D eigenvalue weighted by Gasteiger charge is -2.23. The van der Waals surface area contributed by atoms with Crippen LogP contribution in [-0.2, 0) is 9.53 Å². The second-order valence-electron chi connectivity index (χ2n) is 3.39. The SMILES string of the molecule is CC#CCN(C)C1COCC1C(=O)O. The number of carboxylic acids is 1. The largest absolute Gasteiger partial charge is 0.481 e.